The second-order valence-electron chi connectivity index (χ2n) is 6.05. The summed E-state index contributed by atoms with van der Waals surface area (Å²) >= 11 is 6.21. The number of rotatable bonds is 7. The molecule has 0 saturated carbocycles. The van der Waals surface area contributed by atoms with Crippen LogP contribution in [0.15, 0.2) is 34.3 Å². The van der Waals surface area contributed by atoms with E-state index in [0.717, 1.165) is 5.56 Å². The average Bonchev–Trinajstić information content (AvgIpc) is 2.55. The van der Waals surface area contributed by atoms with Crippen LogP contribution in [-0.2, 0) is 10.0 Å². The summed E-state index contributed by atoms with van der Waals surface area (Å²) in [6, 6.07) is 6.93. The average molecular weight is 411 g/mol. The fourth-order valence-corrected chi connectivity index (χ4v) is 4.43. The van der Waals surface area contributed by atoms with Gasteiger partial charge in [-0.25, -0.2) is 4.83 Å². The van der Waals surface area contributed by atoms with Crippen LogP contribution in [0.2, 0.25) is 5.02 Å². The van der Waals surface area contributed by atoms with E-state index < -0.39 is 10.0 Å². The van der Waals surface area contributed by atoms with Crippen LogP contribution in [0.25, 0.3) is 0 Å². The zero-order valence-corrected chi connectivity index (χ0v) is 17.5. The number of aryl methyl sites for hydroxylation is 3. The largest absolute Gasteiger partial charge is 0.493 e. The molecule has 0 aliphatic carbocycles. The van der Waals surface area contributed by atoms with E-state index in [1.54, 1.807) is 26.0 Å². The molecular weight excluding hydrogens is 388 g/mol. The van der Waals surface area contributed by atoms with Crippen molar-refractivity contribution in [2.75, 3.05) is 13.7 Å². The zero-order valence-electron chi connectivity index (χ0n) is 16.0. The Balaban J connectivity index is 2.28. The van der Waals surface area contributed by atoms with Gasteiger partial charge in [0.05, 0.1) is 29.8 Å². The van der Waals surface area contributed by atoms with Crippen molar-refractivity contribution in [3.05, 3.63) is 51.5 Å². The topological polar surface area (TPSA) is 77.0 Å². The number of nitrogens with zero attached hydrogens (tertiary/aromatic N) is 1. The molecule has 0 aliphatic rings. The van der Waals surface area contributed by atoms with E-state index in [1.165, 1.54) is 13.3 Å². The van der Waals surface area contributed by atoms with Gasteiger partial charge in [-0.05, 0) is 56.5 Å². The van der Waals surface area contributed by atoms with Crippen LogP contribution in [0.3, 0.4) is 0 Å². The molecule has 0 amide bonds. The van der Waals surface area contributed by atoms with Gasteiger partial charge in [0.2, 0.25) is 0 Å². The zero-order chi connectivity index (χ0) is 20.2. The van der Waals surface area contributed by atoms with E-state index in [1.807, 2.05) is 26.0 Å². The predicted octanol–water partition coefficient (Wildman–Crippen LogP) is 3.98. The normalized spacial score (nSPS) is 11.6. The number of ether oxygens (including phenoxy) is 2. The lowest BCUT2D eigenvalue weighted by Crippen LogP contribution is -2.20. The van der Waals surface area contributed by atoms with E-state index in [0.29, 0.717) is 39.8 Å². The summed E-state index contributed by atoms with van der Waals surface area (Å²) in [5.41, 5.74) is 2.91. The molecule has 0 bridgehead atoms. The molecule has 6 nitrogen and oxygen atoms in total. The van der Waals surface area contributed by atoms with Crippen molar-refractivity contribution in [1.82, 2.24) is 4.83 Å². The van der Waals surface area contributed by atoms with Crippen molar-refractivity contribution in [2.24, 2.45) is 5.10 Å². The highest BCUT2D eigenvalue weighted by molar-refractivity contribution is 7.89. The summed E-state index contributed by atoms with van der Waals surface area (Å²) in [7, 11) is -2.29. The van der Waals surface area contributed by atoms with Crippen molar-refractivity contribution in [3.63, 3.8) is 0 Å². The van der Waals surface area contributed by atoms with Crippen molar-refractivity contribution >= 4 is 27.8 Å². The highest BCUT2D eigenvalue weighted by Gasteiger charge is 2.19. The van der Waals surface area contributed by atoms with Gasteiger partial charge >= 0.3 is 0 Å². The second-order valence-corrected chi connectivity index (χ2v) is 8.05. The van der Waals surface area contributed by atoms with Crippen LogP contribution in [0.1, 0.15) is 29.2 Å². The Morgan fingerprint density at radius 2 is 1.78 bits per heavy atom. The van der Waals surface area contributed by atoms with Gasteiger partial charge in [-0.15, -0.1) is 0 Å². The summed E-state index contributed by atoms with van der Waals surface area (Å²) in [6.45, 7) is 7.73. The predicted molar refractivity (Wildman–Crippen MR) is 108 cm³/mol. The molecule has 0 heterocycles. The SMILES string of the molecule is CCOc1c(Cl)cc(/C=N/NS(=O)(=O)c2c(C)cc(C)cc2C)cc1OC. The van der Waals surface area contributed by atoms with E-state index in [9.17, 15) is 8.42 Å². The van der Waals surface area contributed by atoms with E-state index >= 15 is 0 Å². The molecule has 0 radical (unpaired) electrons. The maximum absolute atomic E-state index is 12.6. The Labute approximate surface area is 165 Å². The molecule has 0 saturated heterocycles. The van der Waals surface area contributed by atoms with E-state index in [-0.39, 0.29) is 4.90 Å². The third-order valence-corrected chi connectivity index (χ3v) is 5.61. The third-order valence-electron chi connectivity index (χ3n) is 3.80. The molecule has 2 aromatic rings. The number of nitrogens with one attached hydrogen (secondary N) is 1. The molecule has 2 rings (SSSR count). The highest BCUT2D eigenvalue weighted by atomic mass is 35.5. The van der Waals surface area contributed by atoms with Crippen LogP contribution in [0.4, 0.5) is 0 Å². The quantitative estimate of drug-likeness (QED) is 0.553. The summed E-state index contributed by atoms with van der Waals surface area (Å²) in [5, 5.41) is 4.22. The molecule has 146 valence electrons. The standard InChI is InChI=1S/C19H23ClN2O4S/c1-6-26-18-16(20)9-15(10-17(18)25-5)11-21-22-27(23,24)19-13(3)7-12(2)8-14(19)4/h7-11,22H,6H2,1-5H3/b21-11+. The van der Waals surface area contributed by atoms with Gasteiger partial charge < -0.3 is 9.47 Å². The molecule has 27 heavy (non-hydrogen) atoms. The lowest BCUT2D eigenvalue weighted by molar-refractivity contribution is 0.311. The Morgan fingerprint density at radius 3 is 2.33 bits per heavy atom. The van der Waals surface area contributed by atoms with Gasteiger partial charge in [0.25, 0.3) is 10.0 Å². The number of halogens is 1. The number of methoxy groups -OCH3 is 1. The van der Waals surface area contributed by atoms with Crippen LogP contribution in [0, 0.1) is 20.8 Å². The van der Waals surface area contributed by atoms with Gasteiger partial charge in [-0.3, -0.25) is 0 Å². The first-order chi connectivity index (χ1) is 12.7. The van der Waals surface area contributed by atoms with Crippen LogP contribution < -0.4 is 14.3 Å². The van der Waals surface area contributed by atoms with Crippen molar-refractivity contribution in [3.8, 4) is 11.5 Å². The summed E-state index contributed by atoms with van der Waals surface area (Å²) in [6.07, 6.45) is 1.36. The summed E-state index contributed by atoms with van der Waals surface area (Å²) in [4.78, 5) is 2.48. The van der Waals surface area contributed by atoms with Gasteiger partial charge in [-0.2, -0.15) is 13.5 Å². The molecule has 0 aliphatic heterocycles. The molecule has 2 aromatic carbocycles. The van der Waals surface area contributed by atoms with Crippen molar-refractivity contribution < 1.29 is 17.9 Å². The Morgan fingerprint density at radius 1 is 1.15 bits per heavy atom. The van der Waals surface area contributed by atoms with Gasteiger partial charge in [0, 0.05) is 0 Å². The first-order valence-corrected chi connectivity index (χ1v) is 10.2. The Hall–Kier alpha value is -2.25. The molecule has 0 atom stereocenters. The minimum Gasteiger partial charge on any atom is -0.493 e. The number of hydrogen-bond donors (Lipinski definition) is 1. The smallest absolute Gasteiger partial charge is 0.277 e. The molecule has 8 heteroatoms. The lowest BCUT2D eigenvalue weighted by atomic mass is 10.1. The monoisotopic (exact) mass is 410 g/mol. The van der Waals surface area contributed by atoms with E-state index in [2.05, 4.69) is 9.93 Å². The first-order valence-electron chi connectivity index (χ1n) is 8.32. The van der Waals surface area contributed by atoms with Crippen molar-refractivity contribution in [2.45, 2.75) is 32.6 Å². The lowest BCUT2D eigenvalue weighted by Gasteiger charge is -2.12. The maximum atomic E-state index is 12.6. The maximum Gasteiger partial charge on any atom is 0.277 e. The minimum absolute atomic E-state index is 0.229. The van der Waals surface area contributed by atoms with Crippen LogP contribution in [0.5, 0.6) is 11.5 Å². The fraction of sp³-hybridized carbons (Fsp3) is 0.316. The molecule has 0 aromatic heterocycles. The van der Waals surface area contributed by atoms with E-state index in [4.69, 9.17) is 21.1 Å². The number of hydrogen-bond acceptors (Lipinski definition) is 5. The highest BCUT2D eigenvalue weighted by Crippen LogP contribution is 2.36. The molecule has 0 fully saturated rings. The van der Waals surface area contributed by atoms with Crippen molar-refractivity contribution in [1.29, 1.82) is 0 Å². The Kier molecular flexibility index (Phi) is 6.73. The molecule has 0 spiro atoms. The number of benzene rings is 2. The number of hydrazone groups is 1. The molecule has 1 N–H and O–H groups in total. The Bertz CT molecular complexity index is 949. The molecular formula is C19H23ClN2O4S. The van der Waals surface area contributed by atoms with Gasteiger partial charge in [0.15, 0.2) is 11.5 Å². The van der Waals surface area contributed by atoms with Gasteiger partial charge in [-0.1, -0.05) is 29.3 Å². The molecule has 0 unspecified atom stereocenters. The van der Waals surface area contributed by atoms with Gasteiger partial charge in [0.1, 0.15) is 0 Å². The van der Waals surface area contributed by atoms with Crippen LogP contribution in [-0.4, -0.2) is 28.3 Å². The summed E-state index contributed by atoms with van der Waals surface area (Å²) in [5.74, 6) is 0.879. The number of sulfonamides is 1. The fourth-order valence-electron chi connectivity index (χ4n) is 2.91. The minimum atomic E-state index is -3.79. The summed E-state index contributed by atoms with van der Waals surface area (Å²) < 4.78 is 35.9. The third kappa shape index (κ3) is 4.93. The second kappa shape index (κ2) is 8.63. The van der Waals surface area contributed by atoms with Crippen LogP contribution >= 0.6 is 11.6 Å². The first kappa shape index (κ1) is 21.1.